The van der Waals surface area contributed by atoms with Crippen molar-refractivity contribution in [3.05, 3.63) is 29.8 Å². The van der Waals surface area contributed by atoms with Crippen LogP contribution in [0.2, 0.25) is 0 Å². The number of primary amides is 1. The van der Waals surface area contributed by atoms with E-state index >= 15 is 0 Å². The van der Waals surface area contributed by atoms with Crippen LogP contribution in [0.5, 0.6) is 0 Å². The van der Waals surface area contributed by atoms with Crippen molar-refractivity contribution in [2.45, 2.75) is 13.3 Å². The number of carbonyl (C=O) groups is 1. The number of nitrogens with zero attached hydrogens (tertiary/aromatic N) is 4. The molecule has 1 amide bonds. The summed E-state index contributed by atoms with van der Waals surface area (Å²) in [4.78, 5) is 19.2. The third kappa shape index (κ3) is 2.22. The summed E-state index contributed by atoms with van der Waals surface area (Å²) < 4.78 is 1.44. The molecule has 0 fully saturated rings. The van der Waals surface area contributed by atoms with Crippen molar-refractivity contribution >= 4 is 11.7 Å². The third-order valence-corrected chi connectivity index (χ3v) is 2.17. The van der Waals surface area contributed by atoms with E-state index in [2.05, 4.69) is 15.1 Å². The van der Waals surface area contributed by atoms with Gasteiger partial charge in [-0.15, -0.1) is 0 Å². The molecule has 17 heavy (non-hydrogen) atoms. The summed E-state index contributed by atoms with van der Waals surface area (Å²) in [6, 6.07) is 3.10. The normalized spacial score (nSPS) is 10.4. The predicted octanol–water partition coefficient (Wildman–Crippen LogP) is -0.0942. The number of carbonyl (C=O) groups excluding carboxylic acids is 1. The molecule has 2 aromatic rings. The lowest BCUT2D eigenvalue weighted by molar-refractivity contribution is 0.0995. The Labute approximate surface area is 97.5 Å². The van der Waals surface area contributed by atoms with Gasteiger partial charge in [0.1, 0.15) is 17.3 Å². The van der Waals surface area contributed by atoms with Crippen LogP contribution in [0.4, 0.5) is 5.82 Å². The molecule has 0 aliphatic carbocycles. The van der Waals surface area contributed by atoms with Gasteiger partial charge in [-0.25, -0.2) is 14.6 Å². The van der Waals surface area contributed by atoms with Crippen LogP contribution >= 0.6 is 0 Å². The highest BCUT2D eigenvalue weighted by molar-refractivity contribution is 5.90. The van der Waals surface area contributed by atoms with Gasteiger partial charge in [-0.2, -0.15) is 5.10 Å². The van der Waals surface area contributed by atoms with E-state index in [1.54, 1.807) is 12.3 Å². The third-order valence-electron chi connectivity index (χ3n) is 2.17. The van der Waals surface area contributed by atoms with Gasteiger partial charge in [-0.3, -0.25) is 4.79 Å². The van der Waals surface area contributed by atoms with Crippen molar-refractivity contribution in [1.82, 2.24) is 19.7 Å². The van der Waals surface area contributed by atoms with Crippen LogP contribution in [0.1, 0.15) is 23.2 Å². The lowest BCUT2D eigenvalue weighted by atomic mass is 10.4. The molecule has 0 spiro atoms. The van der Waals surface area contributed by atoms with Crippen LogP contribution in [0, 0.1) is 0 Å². The minimum atomic E-state index is -0.582. The van der Waals surface area contributed by atoms with E-state index in [0.717, 1.165) is 0 Å². The highest BCUT2D eigenvalue weighted by Crippen LogP contribution is 2.09. The molecule has 4 N–H and O–H groups in total. The van der Waals surface area contributed by atoms with E-state index in [1.165, 1.54) is 10.7 Å². The van der Waals surface area contributed by atoms with Crippen LogP contribution in [-0.2, 0) is 6.42 Å². The minimum absolute atomic E-state index is 0.181. The number of hydrogen-bond donors (Lipinski definition) is 2. The first-order valence-corrected chi connectivity index (χ1v) is 5.09. The summed E-state index contributed by atoms with van der Waals surface area (Å²) in [7, 11) is 0. The van der Waals surface area contributed by atoms with E-state index in [-0.39, 0.29) is 5.69 Å². The van der Waals surface area contributed by atoms with Crippen molar-refractivity contribution in [3.8, 4) is 5.82 Å². The average molecular weight is 232 g/mol. The zero-order valence-corrected chi connectivity index (χ0v) is 9.29. The lowest BCUT2D eigenvalue weighted by Gasteiger charge is -2.03. The Balaban J connectivity index is 2.44. The maximum Gasteiger partial charge on any atom is 0.269 e. The molecule has 88 valence electrons. The number of nitrogen functional groups attached to an aromatic ring is 1. The Morgan fingerprint density at radius 1 is 1.47 bits per heavy atom. The fourth-order valence-corrected chi connectivity index (χ4v) is 1.36. The predicted molar refractivity (Wildman–Crippen MR) is 61.5 cm³/mol. The number of amides is 1. The van der Waals surface area contributed by atoms with Gasteiger partial charge < -0.3 is 11.5 Å². The summed E-state index contributed by atoms with van der Waals surface area (Å²) in [5.41, 5.74) is 11.0. The van der Waals surface area contributed by atoms with Gasteiger partial charge in [0.25, 0.3) is 5.91 Å². The summed E-state index contributed by atoms with van der Waals surface area (Å²) in [5, 5.41) is 3.99. The van der Waals surface area contributed by atoms with Gasteiger partial charge in [-0.1, -0.05) is 6.92 Å². The van der Waals surface area contributed by atoms with Crippen molar-refractivity contribution in [2.24, 2.45) is 5.73 Å². The van der Waals surface area contributed by atoms with Crippen molar-refractivity contribution in [1.29, 1.82) is 0 Å². The van der Waals surface area contributed by atoms with Crippen LogP contribution in [0.25, 0.3) is 5.82 Å². The Morgan fingerprint density at radius 2 is 2.24 bits per heavy atom. The van der Waals surface area contributed by atoms with E-state index < -0.39 is 5.91 Å². The second-order valence-electron chi connectivity index (χ2n) is 3.43. The quantitative estimate of drug-likeness (QED) is 0.767. The molecule has 7 nitrogen and oxygen atoms in total. The van der Waals surface area contributed by atoms with E-state index in [1.807, 2.05) is 6.92 Å². The second kappa shape index (κ2) is 4.20. The first kappa shape index (κ1) is 11.1. The van der Waals surface area contributed by atoms with Gasteiger partial charge in [0.05, 0.1) is 0 Å². The highest BCUT2D eigenvalue weighted by atomic mass is 16.1. The summed E-state index contributed by atoms with van der Waals surface area (Å²) in [5.74, 6) is 0.919. The Bertz CT molecular complexity index is 562. The largest absolute Gasteiger partial charge is 0.384 e. The summed E-state index contributed by atoms with van der Waals surface area (Å²) >= 11 is 0. The van der Waals surface area contributed by atoms with Gasteiger partial charge in [0, 0.05) is 18.7 Å². The maximum absolute atomic E-state index is 10.9. The van der Waals surface area contributed by atoms with Crippen molar-refractivity contribution in [2.75, 3.05) is 5.73 Å². The number of hydrogen-bond acceptors (Lipinski definition) is 5. The number of aromatic nitrogens is 4. The number of anilines is 1. The molecule has 2 heterocycles. The monoisotopic (exact) mass is 232 g/mol. The average Bonchev–Trinajstić information content (AvgIpc) is 2.77. The molecule has 7 heteroatoms. The molecule has 2 rings (SSSR count). The van der Waals surface area contributed by atoms with E-state index in [4.69, 9.17) is 11.5 Å². The molecule has 2 aromatic heterocycles. The Morgan fingerprint density at radius 3 is 2.82 bits per heavy atom. The number of aryl methyl sites for hydroxylation is 1. The molecule has 0 radical (unpaired) electrons. The van der Waals surface area contributed by atoms with Crippen LogP contribution in [-0.4, -0.2) is 25.7 Å². The van der Waals surface area contributed by atoms with E-state index in [9.17, 15) is 4.79 Å². The fraction of sp³-hybridized carbons (Fsp3) is 0.200. The summed E-state index contributed by atoms with van der Waals surface area (Å²) in [6.07, 6.45) is 2.27. The molecule has 0 bridgehead atoms. The molecule has 0 unspecified atom stereocenters. The first-order valence-electron chi connectivity index (χ1n) is 5.09. The van der Waals surface area contributed by atoms with E-state index in [0.29, 0.717) is 23.9 Å². The summed E-state index contributed by atoms with van der Waals surface area (Å²) in [6.45, 7) is 1.93. The zero-order chi connectivity index (χ0) is 12.4. The smallest absolute Gasteiger partial charge is 0.269 e. The topological polar surface area (TPSA) is 113 Å². The van der Waals surface area contributed by atoms with Crippen LogP contribution in [0.15, 0.2) is 18.3 Å². The zero-order valence-electron chi connectivity index (χ0n) is 9.29. The highest BCUT2D eigenvalue weighted by Gasteiger charge is 2.08. The van der Waals surface area contributed by atoms with Gasteiger partial charge in [0.15, 0.2) is 5.82 Å². The lowest BCUT2D eigenvalue weighted by Crippen LogP contribution is -2.13. The first-order chi connectivity index (χ1) is 8.10. The minimum Gasteiger partial charge on any atom is -0.384 e. The van der Waals surface area contributed by atoms with Gasteiger partial charge in [0.2, 0.25) is 0 Å². The molecule has 0 aliphatic heterocycles. The molecule has 0 saturated heterocycles. The van der Waals surface area contributed by atoms with Gasteiger partial charge in [-0.05, 0) is 6.07 Å². The van der Waals surface area contributed by atoms with Gasteiger partial charge >= 0.3 is 0 Å². The fourth-order valence-electron chi connectivity index (χ4n) is 1.36. The molecule has 0 aromatic carbocycles. The Kier molecular flexibility index (Phi) is 2.73. The van der Waals surface area contributed by atoms with Crippen molar-refractivity contribution < 1.29 is 4.79 Å². The molecule has 0 aliphatic rings. The Hall–Kier alpha value is -2.44. The standard InChI is InChI=1S/C10H12N6O/c1-2-8-13-7(11)5-9(14-8)16-4-3-6(15-16)10(12)17/h3-5H,2H2,1H3,(H2,12,17)(H2,11,13,14). The number of rotatable bonds is 3. The molecule has 0 saturated carbocycles. The number of nitrogens with two attached hydrogens (primary N) is 2. The maximum atomic E-state index is 10.9. The molecular formula is C10H12N6O. The van der Waals surface area contributed by atoms with Crippen molar-refractivity contribution in [3.63, 3.8) is 0 Å². The molecular weight excluding hydrogens is 220 g/mol. The second-order valence-corrected chi connectivity index (χ2v) is 3.43. The molecule has 0 atom stereocenters. The SMILES string of the molecule is CCc1nc(N)cc(-n2ccc(C(N)=O)n2)n1. The van der Waals surface area contributed by atoms with Crippen LogP contribution in [0.3, 0.4) is 0 Å². The van der Waals surface area contributed by atoms with Crippen LogP contribution < -0.4 is 11.5 Å².